The Hall–Kier alpha value is -6.64. The van der Waals surface area contributed by atoms with Crippen molar-refractivity contribution < 1.29 is 4.42 Å². The second-order valence-corrected chi connectivity index (χ2v) is 14.5. The fourth-order valence-corrected chi connectivity index (χ4v) is 8.42. The fourth-order valence-electron chi connectivity index (χ4n) is 8.42. The summed E-state index contributed by atoms with van der Waals surface area (Å²) >= 11 is 0. The van der Waals surface area contributed by atoms with Crippen molar-refractivity contribution in [3.8, 4) is 44.5 Å². The third-order valence-electron chi connectivity index (χ3n) is 11.1. The van der Waals surface area contributed by atoms with Gasteiger partial charge in [-0.05, 0) is 80.9 Å². The second kappa shape index (κ2) is 12.3. The molecule has 0 N–H and O–H groups in total. The first-order valence-electron chi connectivity index (χ1n) is 18.3. The SMILES string of the molecule is CC1(C)c2ccccc2-c2ccc(N(c3cc(-c4ccc(-c5ccccc5)cc4)c4oc5ccccc5c4c3)c3ccccc3-c3ccccc3)cc21. The Kier molecular flexibility index (Phi) is 7.19. The molecule has 10 rings (SSSR count). The summed E-state index contributed by atoms with van der Waals surface area (Å²) in [5.41, 5.74) is 17.2. The molecule has 1 heterocycles. The maximum Gasteiger partial charge on any atom is 0.143 e. The van der Waals surface area contributed by atoms with E-state index in [-0.39, 0.29) is 5.41 Å². The van der Waals surface area contributed by atoms with Crippen molar-refractivity contribution in [3.05, 3.63) is 199 Å². The number of para-hydroxylation sites is 2. The molecule has 0 atom stereocenters. The molecule has 2 nitrogen and oxygen atoms in total. The molecule has 0 saturated heterocycles. The molecular weight excluding hydrogens is 643 g/mol. The van der Waals surface area contributed by atoms with E-state index in [4.69, 9.17) is 4.42 Å². The zero-order valence-electron chi connectivity index (χ0n) is 29.8. The summed E-state index contributed by atoms with van der Waals surface area (Å²) in [6, 6.07) is 67.9. The van der Waals surface area contributed by atoms with Crippen LogP contribution in [-0.2, 0) is 5.41 Å². The summed E-state index contributed by atoms with van der Waals surface area (Å²) in [4.78, 5) is 2.45. The van der Waals surface area contributed by atoms with Crippen LogP contribution in [-0.4, -0.2) is 0 Å². The lowest BCUT2D eigenvalue weighted by atomic mass is 9.82. The molecule has 53 heavy (non-hydrogen) atoms. The molecule has 9 aromatic rings. The molecule has 0 saturated carbocycles. The number of benzene rings is 8. The van der Waals surface area contributed by atoms with Gasteiger partial charge in [-0.3, -0.25) is 0 Å². The zero-order chi connectivity index (χ0) is 35.5. The zero-order valence-corrected chi connectivity index (χ0v) is 29.8. The van der Waals surface area contributed by atoms with Crippen molar-refractivity contribution in [2.45, 2.75) is 19.3 Å². The van der Waals surface area contributed by atoms with Crippen LogP contribution in [0.4, 0.5) is 17.1 Å². The van der Waals surface area contributed by atoms with Crippen LogP contribution in [0.15, 0.2) is 192 Å². The van der Waals surface area contributed by atoms with Crippen molar-refractivity contribution in [1.29, 1.82) is 0 Å². The average Bonchev–Trinajstić information content (AvgIpc) is 3.70. The summed E-state index contributed by atoms with van der Waals surface area (Å²) in [6.07, 6.45) is 0. The van der Waals surface area contributed by atoms with E-state index in [1.807, 2.05) is 6.07 Å². The van der Waals surface area contributed by atoms with Gasteiger partial charge in [-0.25, -0.2) is 0 Å². The third-order valence-corrected chi connectivity index (χ3v) is 11.1. The number of furan rings is 1. The predicted molar refractivity (Wildman–Crippen MR) is 222 cm³/mol. The van der Waals surface area contributed by atoms with E-state index >= 15 is 0 Å². The Labute approximate surface area is 310 Å². The highest BCUT2D eigenvalue weighted by atomic mass is 16.3. The molecule has 0 aliphatic heterocycles. The van der Waals surface area contributed by atoms with Crippen LogP contribution < -0.4 is 4.90 Å². The van der Waals surface area contributed by atoms with Crippen molar-refractivity contribution in [1.82, 2.24) is 0 Å². The lowest BCUT2D eigenvalue weighted by molar-refractivity contribution is 0.660. The van der Waals surface area contributed by atoms with Gasteiger partial charge in [0, 0.05) is 38.7 Å². The Balaban J connectivity index is 1.24. The van der Waals surface area contributed by atoms with Crippen molar-refractivity contribution >= 4 is 39.0 Å². The normalized spacial score (nSPS) is 12.9. The fraction of sp³-hybridized carbons (Fsp3) is 0.0588. The standard InChI is InChI=1S/C51H37NO/c1-51(2)46-22-12-9-20-41(46)42-30-29-38(33-47(42)51)52(48-23-13-10-19-40(48)36-17-7-4-8-18-36)39-31-44(50-45(32-39)43-21-11-14-24-49(43)53-50)37-27-25-35(26-28-37)34-15-5-3-6-16-34/h3-33H,1-2H3. The van der Waals surface area contributed by atoms with Gasteiger partial charge in [-0.1, -0.05) is 166 Å². The Morgan fingerprint density at radius 1 is 0.396 bits per heavy atom. The maximum absolute atomic E-state index is 6.70. The molecule has 8 aromatic carbocycles. The second-order valence-electron chi connectivity index (χ2n) is 14.5. The lowest BCUT2D eigenvalue weighted by Gasteiger charge is -2.30. The topological polar surface area (TPSA) is 16.4 Å². The first-order chi connectivity index (χ1) is 26.0. The van der Waals surface area contributed by atoms with E-state index in [0.717, 1.165) is 50.1 Å². The summed E-state index contributed by atoms with van der Waals surface area (Å²) in [6.45, 7) is 4.70. The molecule has 0 spiro atoms. The molecular formula is C51H37NO. The van der Waals surface area contributed by atoms with Gasteiger partial charge in [0.15, 0.2) is 0 Å². The van der Waals surface area contributed by atoms with Gasteiger partial charge >= 0.3 is 0 Å². The largest absolute Gasteiger partial charge is 0.455 e. The minimum absolute atomic E-state index is 0.136. The average molecular weight is 680 g/mol. The van der Waals surface area contributed by atoms with Gasteiger partial charge in [0.2, 0.25) is 0 Å². The van der Waals surface area contributed by atoms with E-state index in [9.17, 15) is 0 Å². The molecule has 1 aliphatic rings. The van der Waals surface area contributed by atoms with Gasteiger partial charge in [-0.2, -0.15) is 0 Å². The minimum atomic E-state index is -0.136. The summed E-state index contributed by atoms with van der Waals surface area (Å²) in [5.74, 6) is 0. The quantitative estimate of drug-likeness (QED) is 0.174. The van der Waals surface area contributed by atoms with Crippen LogP contribution in [0.3, 0.4) is 0 Å². The number of hydrogen-bond donors (Lipinski definition) is 0. The smallest absolute Gasteiger partial charge is 0.143 e. The van der Waals surface area contributed by atoms with E-state index in [1.54, 1.807) is 0 Å². The van der Waals surface area contributed by atoms with Gasteiger partial charge in [-0.15, -0.1) is 0 Å². The van der Waals surface area contributed by atoms with Gasteiger partial charge in [0.1, 0.15) is 11.2 Å². The van der Waals surface area contributed by atoms with E-state index in [0.29, 0.717) is 0 Å². The Bertz CT molecular complexity index is 2790. The highest BCUT2D eigenvalue weighted by molar-refractivity contribution is 6.12. The maximum atomic E-state index is 6.70. The molecule has 2 heteroatoms. The van der Waals surface area contributed by atoms with E-state index in [2.05, 4.69) is 201 Å². The van der Waals surface area contributed by atoms with Crippen LogP contribution in [0.25, 0.3) is 66.4 Å². The van der Waals surface area contributed by atoms with Crippen LogP contribution in [0.1, 0.15) is 25.0 Å². The molecule has 0 unspecified atom stereocenters. The van der Waals surface area contributed by atoms with Gasteiger partial charge in [0.25, 0.3) is 0 Å². The third kappa shape index (κ3) is 5.10. The van der Waals surface area contributed by atoms with Crippen LogP contribution in [0.2, 0.25) is 0 Å². The molecule has 1 aliphatic carbocycles. The first kappa shape index (κ1) is 31.1. The van der Waals surface area contributed by atoms with Crippen molar-refractivity contribution in [2.24, 2.45) is 0 Å². The monoisotopic (exact) mass is 679 g/mol. The minimum Gasteiger partial charge on any atom is -0.455 e. The van der Waals surface area contributed by atoms with E-state index < -0.39 is 0 Å². The van der Waals surface area contributed by atoms with Crippen LogP contribution in [0, 0.1) is 0 Å². The highest BCUT2D eigenvalue weighted by Gasteiger charge is 2.36. The first-order valence-corrected chi connectivity index (χ1v) is 18.3. The summed E-state index contributed by atoms with van der Waals surface area (Å²) in [7, 11) is 0. The summed E-state index contributed by atoms with van der Waals surface area (Å²) < 4.78 is 6.70. The van der Waals surface area contributed by atoms with Gasteiger partial charge in [0.05, 0.1) is 5.69 Å². The highest BCUT2D eigenvalue weighted by Crippen LogP contribution is 2.52. The summed E-state index contributed by atoms with van der Waals surface area (Å²) in [5, 5.41) is 2.20. The number of nitrogens with zero attached hydrogens (tertiary/aromatic N) is 1. The molecule has 252 valence electrons. The van der Waals surface area contributed by atoms with Crippen LogP contribution in [0.5, 0.6) is 0 Å². The number of fused-ring (bicyclic) bond motifs is 6. The molecule has 0 amide bonds. The number of hydrogen-bond acceptors (Lipinski definition) is 2. The van der Waals surface area contributed by atoms with Crippen molar-refractivity contribution in [2.75, 3.05) is 4.90 Å². The number of rotatable bonds is 6. The number of anilines is 3. The molecule has 0 fully saturated rings. The van der Waals surface area contributed by atoms with Crippen LogP contribution >= 0.6 is 0 Å². The predicted octanol–water partition coefficient (Wildman–Crippen LogP) is 14.4. The van der Waals surface area contributed by atoms with E-state index in [1.165, 1.54) is 44.5 Å². The lowest BCUT2D eigenvalue weighted by Crippen LogP contribution is -2.17. The van der Waals surface area contributed by atoms with Crippen molar-refractivity contribution in [3.63, 3.8) is 0 Å². The molecule has 0 bridgehead atoms. The molecule has 1 aromatic heterocycles. The Morgan fingerprint density at radius 2 is 0.981 bits per heavy atom. The Morgan fingerprint density at radius 3 is 1.77 bits per heavy atom. The van der Waals surface area contributed by atoms with Gasteiger partial charge < -0.3 is 9.32 Å². The molecule has 0 radical (unpaired) electrons.